The van der Waals surface area contributed by atoms with Crippen molar-refractivity contribution >= 4 is 16.8 Å². The molecule has 3 aromatic rings. The van der Waals surface area contributed by atoms with Crippen LogP contribution in [0.5, 0.6) is 0 Å². The molecule has 2 saturated heterocycles. The van der Waals surface area contributed by atoms with Gasteiger partial charge in [0.05, 0.1) is 36.2 Å². The molecule has 4 heterocycles. The summed E-state index contributed by atoms with van der Waals surface area (Å²) in [6, 6.07) is 5.00. The third-order valence-corrected chi connectivity index (χ3v) is 8.98. The van der Waals surface area contributed by atoms with Gasteiger partial charge in [0.25, 0.3) is 5.91 Å². The zero-order chi connectivity index (χ0) is 29.3. The van der Waals surface area contributed by atoms with Crippen LogP contribution >= 0.6 is 0 Å². The fraction of sp³-hybridized carbons (Fsp3) is 0.576. The van der Waals surface area contributed by atoms with Crippen LogP contribution in [0.4, 0.5) is 4.39 Å². The largest absolute Gasteiger partial charge is 0.350 e. The molecule has 1 aromatic carbocycles. The highest BCUT2D eigenvalue weighted by molar-refractivity contribution is 5.99. The number of hydrogen-bond donors (Lipinski definition) is 0. The Morgan fingerprint density at radius 1 is 1.17 bits per heavy atom. The number of carbonyl (C=O) groups is 1. The van der Waals surface area contributed by atoms with E-state index in [-0.39, 0.29) is 18.2 Å². The summed E-state index contributed by atoms with van der Waals surface area (Å²) in [6.45, 7) is 14.2. The Bertz CT molecular complexity index is 1360. The normalized spacial score (nSPS) is 19.2. The van der Waals surface area contributed by atoms with Crippen molar-refractivity contribution in [2.24, 2.45) is 11.8 Å². The van der Waals surface area contributed by atoms with Crippen molar-refractivity contribution < 1.29 is 18.7 Å². The van der Waals surface area contributed by atoms with Gasteiger partial charge in [-0.2, -0.15) is 0 Å². The summed E-state index contributed by atoms with van der Waals surface area (Å²) >= 11 is 0. The monoisotopic (exact) mass is 564 g/mol. The third kappa shape index (κ3) is 6.35. The van der Waals surface area contributed by atoms with Gasteiger partial charge in [-0.1, -0.05) is 13.8 Å². The number of nitrogens with zero attached hydrogens (tertiary/aromatic N) is 4. The first-order valence-corrected chi connectivity index (χ1v) is 15.1. The molecule has 5 rings (SSSR count). The first-order valence-electron chi connectivity index (χ1n) is 15.1. The predicted molar refractivity (Wildman–Crippen MR) is 160 cm³/mol. The fourth-order valence-electron chi connectivity index (χ4n) is 6.57. The van der Waals surface area contributed by atoms with Gasteiger partial charge < -0.3 is 18.9 Å². The summed E-state index contributed by atoms with van der Waals surface area (Å²) in [4.78, 5) is 22.2. The minimum absolute atomic E-state index is 0.00214. The number of pyridine rings is 1. The Labute approximate surface area is 243 Å². The summed E-state index contributed by atoms with van der Waals surface area (Å²) < 4.78 is 27.9. The summed E-state index contributed by atoms with van der Waals surface area (Å²) in [5.74, 6) is 0.474. The number of rotatable bonds is 10. The molecule has 2 aliphatic heterocycles. The number of ether oxygens (including phenoxy) is 2. The molecule has 0 bridgehead atoms. The fourth-order valence-corrected chi connectivity index (χ4v) is 6.57. The van der Waals surface area contributed by atoms with Crippen molar-refractivity contribution in [3.63, 3.8) is 0 Å². The van der Waals surface area contributed by atoms with E-state index in [0.29, 0.717) is 42.3 Å². The average Bonchev–Trinajstić information content (AvgIpc) is 3.70. The molecule has 0 N–H and O–H groups in total. The minimum atomic E-state index is -0.419. The van der Waals surface area contributed by atoms with Crippen LogP contribution in [0.25, 0.3) is 16.6 Å². The molecule has 2 aromatic heterocycles. The molecule has 0 radical (unpaired) electrons. The number of likely N-dealkylation sites (tertiary alicyclic amines) is 1. The molecule has 2 fully saturated rings. The van der Waals surface area contributed by atoms with Crippen LogP contribution in [-0.2, 0) is 15.9 Å². The van der Waals surface area contributed by atoms with Crippen molar-refractivity contribution in [3.8, 4) is 5.69 Å². The Balaban J connectivity index is 1.41. The Hall–Kier alpha value is -2.81. The standard InChI is InChI=1S/C33H45FN4O3/c1-21(2)28(9-10-31-40-13-14-41-31)37-12-11-24(19-37)15-25-20-38(30-18-35-17-23(5)32(25)30)29-8-7-26(34)16-27(29)33(39)36(6)22(3)4/h7-8,16-18,20-22,24,28,31H,9-15,19H2,1-6H3/t24-,28+/m1/s1. The highest BCUT2D eigenvalue weighted by Gasteiger charge is 2.32. The zero-order valence-electron chi connectivity index (χ0n) is 25.4. The topological polar surface area (TPSA) is 59.8 Å². The van der Waals surface area contributed by atoms with E-state index in [1.54, 1.807) is 18.0 Å². The highest BCUT2D eigenvalue weighted by atomic mass is 19.1. The lowest BCUT2D eigenvalue weighted by atomic mass is 9.96. The number of amides is 1. The van der Waals surface area contributed by atoms with Gasteiger partial charge >= 0.3 is 0 Å². The molecule has 0 saturated carbocycles. The van der Waals surface area contributed by atoms with E-state index in [1.165, 1.54) is 23.1 Å². The van der Waals surface area contributed by atoms with Crippen LogP contribution in [0.3, 0.4) is 0 Å². The molecule has 222 valence electrons. The van der Waals surface area contributed by atoms with Crippen molar-refractivity contribution in [2.75, 3.05) is 33.4 Å². The lowest BCUT2D eigenvalue weighted by molar-refractivity contribution is -0.0527. The van der Waals surface area contributed by atoms with Gasteiger partial charge in [0.15, 0.2) is 6.29 Å². The lowest BCUT2D eigenvalue weighted by Gasteiger charge is -2.32. The van der Waals surface area contributed by atoms with E-state index >= 15 is 0 Å². The molecular weight excluding hydrogens is 519 g/mol. The van der Waals surface area contributed by atoms with Crippen molar-refractivity contribution in [3.05, 3.63) is 59.3 Å². The number of fused-ring (bicyclic) bond motifs is 1. The van der Waals surface area contributed by atoms with Gasteiger partial charge in [0.2, 0.25) is 0 Å². The summed E-state index contributed by atoms with van der Waals surface area (Å²) in [6.07, 6.45) is 9.97. The molecule has 0 aliphatic carbocycles. The van der Waals surface area contributed by atoms with Crippen molar-refractivity contribution in [2.45, 2.75) is 78.7 Å². The number of aromatic nitrogens is 2. The first-order chi connectivity index (χ1) is 19.6. The quantitative estimate of drug-likeness (QED) is 0.303. The van der Waals surface area contributed by atoms with Gasteiger partial charge in [-0.15, -0.1) is 0 Å². The number of aryl methyl sites for hydroxylation is 1. The number of carbonyl (C=O) groups excluding carboxylic acids is 1. The van der Waals surface area contributed by atoms with Gasteiger partial charge in [-0.05, 0) is 94.2 Å². The van der Waals surface area contributed by atoms with Crippen LogP contribution in [0.2, 0.25) is 0 Å². The second-order valence-corrected chi connectivity index (χ2v) is 12.5. The minimum Gasteiger partial charge on any atom is -0.350 e. The van der Waals surface area contributed by atoms with Crippen LogP contribution < -0.4 is 0 Å². The number of benzene rings is 1. The zero-order valence-corrected chi connectivity index (χ0v) is 25.4. The first kappa shape index (κ1) is 29.7. The second-order valence-electron chi connectivity index (χ2n) is 12.5. The molecule has 2 atom stereocenters. The van der Waals surface area contributed by atoms with Gasteiger partial charge in [-0.3, -0.25) is 14.7 Å². The average molecular weight is 565 g/mol. The van der Waals surface area contributed by atoms with E-state index in [4.69, 9.17) is 9.47 Å². The Morgan fingerprint density at radius 3 is 2.63 bits per heavy atom. The van der Waals surface area contributed by atoms with Crippen LogP contribution in [-0.4, -0.2) is 77.0 Å². The van der Waals surface area contributed by atoms with Crippen molar-refractivity contribution in [1.82, 2.24) is 19.4 Å². The number of halogens is 1. The van der Waals surface area contributed by atoms with Crippen molar-refractivity contribution in [1.29, 1.82) is 0 Å². The van der Waals surface area contributed by atoms with E-state index in [1.807, 2.05) is 30.8 Å². The van der Waals surface area contributed by atoms with E-state index < -0.39 is 5.82 Å². The molecule has 8 heteroatoms. The lowest BCUT2D eigenvalue weighted by Crippen LogP contribution is -2.38. The molecule has 7 nitrogen and oxygen atoms in total. The van der Waals surface area contributed by atoms with Crippen LogP contribution in [0.1, 0.15) is 68.4 Å². The Kier molecular flexibility index (Phi) is 9.12. The molecule has 41 heavy (non-hydrogen) atoms. The molecule has 1 amide bonds. The summed E-state index contributed by atoms with van der Waals surface area (Å²) in [5.41, 5.74) is 4.34. The molecule has 2 aliphatic rings. The smallest absolute Gasteiger partial charge is 0.256 e. The van der Waals surface area contributed by atoms with Crippen LogP contribution in [0, 0.1) is 24.6 Å². The maximum absolute atomic E-state index is 14.4. The second kappa shape index (κ2) is 12.6. The Morgan fingerprint density at radius 2 is 1.93 bits per heavy atom. The predicted octanol–water partition coefficient (Wildman–Crippen LogP) is 6.00. The van der Waals surface area contributed by atoms with Gasteiger partial charge in [0, 0.05) is 43.5 Å². The van der Waals surface area contributed by atoms with Crippen LogP contribution in [0.15, 0.2) is 36.8 Å². The van der Waals surface area contributed by atoms with E-state index in [9.17, 15) is 9.18 Å². The van der Waals surface area contributed by atoms with Gasteiger partial charge in [-0.25, -0.2) is 4.39 Å². The van der Waals surface area contributed by atoms with E-state index in [2.05, 4.69) is 36.9 Å². The third-order valence-electron chi connectivity index (χ3n) is 8.98. The molecular formula is C33H45FN4O3. The van der Waals surface area contributed by atoms with E-state index in [0.717, 1.165) is 49.9 Å². The highest BCUT2D eigenvalue weighted by Crippen LogP contribution is 2.34. The summed E-state index contributed by atoms with van der Waals surface area (Å²) in [5, 5.41) is 1.18. The maximum atomic E-state index is 14.4. The SMILES string of the molecule is Cc1cncc2c1c(C[C@H]1CCN([C@@H](CCC3OCCO3)C(C)C)C1)cn2-c1ccc(F)cc1C(=O)N(C)C(C)C. The summed E-state index contributed by atoms with van der Waals surface area (Å²) in [7, 11) is 1.76. The molecule has 0 unspecified atom stereocenters. The molecule has 0 spiro atoms. The maximum Gasteiger partial charge on any atom is 0.256 e. The number of hydrogen-bond acceptors (Lipinski definition) is 5. The van der Waals surface area contributed by atoms with Gasteiger partial charge in [0.1, 0.15) is 5.82 Å².